The van der Waals surface area contributed by atoms with E-state index in [1.54, 1.807) is 35.6 Å². The van der Waals surface area contributed by atoms with Crippen molar-refractivity contribution in [3.05, 3.63) is 52.2 Å². The van der Waals surface area contributed by atoms with Gasteiger partial charge in [-0.05, 0) is 48.6 Å². The maximum atomic E-state index is 12.5. The second-order valence-corrected chi connectivity index (χ2v) is 6.66. The predicted molar refractivity (Wildman–Crippen MR) is 94.3 cm³/mol. The van der Waals surface area contributed by atoms with Crippen molar-refractivity contribution in [2.45, 2.75) is 18.9 Å². The Balaban J connectivity index is 1.58. The number of thiophene rings is 1. The minimum Gasteiger partial charge on any atom is -0.465 e. The van der Waals surface area contributed by atoms with Crippen LogP contribution in [0.15, 0.2) is 41.8 Å². The van der Waals surface area contributed by atoms with Crippen LogP contribution in [0.4, 0.5) is 5.69 Å². The van der Waals surface area contributed by atoms with Crippen molar-refractivity contribution in [2.24, 2.45) is 0 Å². The van der Waals surface area contributed by atoms with Crippen molar-refractivity contribution in [1.29, 1.82) is 0 Å². The number of amides is 1. The summed E-state index contributed by atoms with van der Waals surface area (Å²) >= 11 is 1.70. The second-order valence-electron chi connectivity index (χ2n) is 5.68. The van der Waals surface area contributed by atoms with E-state index < -0.39 is 0 Å². The summed E-state index contributed by atoms with van der Waals surface area (Å²) in [6.45, 7) is 1.06. The van der Waals surface area contributed by atoms with Gasteiger partial charge in [0.05, 0.1) is 25.3 Å². The number of benzene rings is 1. The van der Waals surface area contributed by atoms with Gasteiger partial charge in [-0.25, -0.2) is 4.79 Å². The number of carbonyl (C=O) groups excluding carboxylic acids is 2. The van der Waals surface area contributed by atoms with Gasteiger partial charge in [0.1, 0.15) is 0 Å². The number of nitrogens with zero attached hydrogens (tertiary/aromatic N) is 1. The van der Waals surface area contributed by atoms with E-state index >= 15 is 0 Å². The molecule has 2 heterocycles. The number of methoxy groups -OCH3 is 1. The van der Waals surface area contributed by atoms with E-state index in [1.807, 2.05) is 11.0 Å². The number of esters is 1. The number of rotatable bonds is 5. The normalized spacial score (nSPS) is 16.9. The number of hydrogen-bond acceptors (Lipinski definition) is 5. The van der Waals surface area contributed by atoms with E-state index in [9.17, 15) is 9.59 Å². The lowest BCUT2D eigenvalue weighted by molar-refractivity contribution is -0.130. The van der Waals surface area contributed by atoms with Crippen LogP contribution in [-0.4, -0.2) is 37.0 Å². The number of carbonyl (C=O) groups is 2. The molecule has 1 unspecified atom stereocenters. The van der Waals surface area contributed by atoms with Crippen LogP contribution in [0.3, 0.4) is 0 Å². The van der Waals surface area contributed by atoms with E-state index in [0.717, 1.165) is 25.1 Å². The van der Waals surface area contributed by atoms with Crippen molar-refractivity contribution in [1.82, 2.24) is 4.90 Å². The first-order valence-corrected chi connectivity index (χ1v) is 8.82. The highest BCUT2D eigenvalue weighted by atomic mass is 32.1. The molecule has 6 heteroatoms. The lowest BCUT2D eigenvalue weighted by Crippen LogP contribution is -2.34. The highest BCUT2D eigenvalue weighted by Gasteiger charge is 2.30. The molecule has 24 heavy (non-hydrogen) atoms. The van der Waals surface area contributed by atoms with Gasteiger partial charge >= 0.3 is 5.97 Å². The molecule has 126 valence electrons. The number of hydrogen-bond donors (Lipinski definition) is 1. The molecule has 1 aliphatic rings. The van der Waals surface area contributed by atoms with E-state index in [4.69, 9.17) is 0 Å². The Bertz CT molecular complexity index is 698. The largest absolute Gasteiger partial charge is 0.465 e. The van der Waals surface area contributed by atoms with Gasteiger partial charge in [-0.2, -0.15) is 0 Å². The van der Waals surface area contributed by atoms with Crippen LogP contribution in [0.25, 0.3) is 0 Å². The Morgan fingerprint density at radius 1 is 1.29 bits per heavy atom. The molecular formula is C18H20N2O3S. The smallest absolute Gasteiger partial charge is 0.337 e. The van der Waals surface area contributed by atoms with Crippen molar-refractivity contribution in [3.8, 4) is 0 Å². The third kappa shape index (κ3) is 3.59. The number of ether oxygens (including phenoxy) is 1. The predicted octanol–water partition coefficient (Wildman–Crippen LogP) is 3.31. The first-order valence-electron chi connectivity index (χ1n) is 7.94. The van der Waals surface area contributed by atoms with Crippen LogP contribution in [0.2, 0.25) is 0 Å². The highest BCUT2D eigenvalue weighted by molar-refractivity contribution is 7.10. The summed E-state index contributed by atoms with van der Waals surface area (Å²) in [5.41, 5.74) is 1.30. The zero-order chi connectivity index (χ0) is 16.9. The standard InChI is InChI=1S/C18H20N2O3S/c1-23-18(22)13-6-8-14(9-7-13)19-12-17(21)20-10-2-4-15(20)16-5-3-11-24-16/h3,5-9,11,15,19H,2,4,10,12H2,1H3. The van der Waals surface area contributed by atoms with Gasteiger partial charge in [0.15, 0.2) is 0 Å². The van der Waals surface area contributed by atoms with Crippen LogP contribution in [0.1, 0.15) is 34.1 Å². The molecule has 0 bridgehead atoms. The topological polar surface area (TPSA) is 58.6 Å². The maximum absolute atomic E-state index is 12.5. The summed E-state index contributed by atoms with van der Waals surface area (Å²) in [7, 11) is 1.35. The minimum absolute atomic E-state index is 0.0999. The molecule has 5 nitrogen and oxygen atoms in total. The third-order valence-corrected chi connectivity index (χ3v) is 5.17. The van der Waals surface area contributed by atoms with Gasteiger partial charge < -0.3 is 15.0 Å². The summed E-state index contributed by atoms with van der Waals surface area (Å²) in [5, 5.41) is 5.18. The lowest BCUT2D eigenvalue weighted by atomic mass is 10.2. The van der Waals surface area contributed by atoms with Gasteiger partial charge in [0, 0.05) is 17.1 Å². The molecule has 1 aromatic carbocycles. The van der Waals surface area contributed by atoms with Crippen molar-refractivity contribution < 1.29 is 14.3 Å². The van der Waals surface area contributed by atoms with Crippen molar-refractivity contribution in [3.63, 3.8) is 0 Å². The third-order valence-electron chi connectivity index (χ3n) is 4.19. The minimum atomic E-state index is -0.367. The number of nitrogens with one attached hydrogen (secondary N) is 1. The monoisotopic (exact) mass is 344 g/mol. The average molecular weight is 344 g/mol. The second kappa shape index (κ2) is 7.49. The molecule has 1 fully saturated rings. The highest BCUT2D eigenvalue weighted by Crippen LogP contribution is 2.34. The van der Waals surface area contributed by atoms with Crippen LogP contribution in [-0.2, 0) is 9.53 Å². The molecular weight excluding hydrogens is 324 g/mol. The maximum Gasteiger partial charge on any atom is 0.337 e. The molecule has 0 saturated carbocycles. The zero-order valence-electron chi connectivity index (χ0n) is 13.5. The van der Waals surface area contributed by atoms with E-state index in [2.05, 4.69) is 21.5 Å². The van der Waals surface area contributed by atoms with Crippen molar-refractivity contribution >= 4 is 28.9 Å². The summed E-state index contributed by atoms with van der Waals surface area (Å²) < 4.78 is 4.67. The Labute approximate surface area is 145 Å². The van der Waals surface area contributed by atoms with Gasteiger partial charge in [-0.1, -0.05) is 6.07 Å². The quantitative estimate of drug-likeness (QED) is 0.846. The lowest BCUT2D eigenvalue weighted by Gasteiger charge is -2.24. The first-order chi connectivity index (χ1) is 11.7. The average Bonchev–Trinajstić information content (AvgIpc) is 3.30. The molecule has 0 radical (unpaired) electrons. The summed E-state index contributed by atoms with van der Waals surface area (Å²) in [6, 6.07) is 11.3. The van der Waals surface area contributed by atoms with E-state index in [1.165, 1.54) is 12.0 Å². The molecule has 3 rings (SSSR count). The molecule has 1 N–H and O–H groups in total. The Morgan fingerprint density at radius 3 is 2.75 bits per heavy atom. The van der Waals surface area contributed by atoms with Crippen LogP contribution >= 0.6 is 11.3 Å². The SMILES string of the molecule is COC(=O)c1ccc(NCC(=O)N2CCCC2c2cccs2)cc1. The molecule has 2 aromatic rings. The van der Waals surface area contributed by atoms with Gasteiger partial charge in [-0.3, -0.25) is 4.79 Å². The molecule has 1 aromatic heterocycles. The van der Waals surface area contributed by atoms with Crippen LogP contribution in [0.5, 0.6) is 0 Å². The number of anilines is 1. The zero-order valence-corrected chi connectivity index (χ0v) is 14.3. The fourth-order valence-electron chi connectivity index (χ4n) is 2.96. The van der Waals surface area contributed by atoms with Crippen molar-refractivity contribution in [2.75, 3.05) is 25.5 Å². The summed E-state index contributed by atoms with van der Waals surface area (Å²) in [5.74, 6) is -0.267. The Kier molecular flexibility index (Phi) is 5.15. The summed E-state index contributed by atoms with van der Waals surface area (Å²) in [4.78, 5) is 27.2. The van der Waals surface area contributed by atoms with Gasteiger partial charge in [-0.15, -0.1) is 11.3 Å². The van der Waals surface area contributed by atoms with Gasteiger partial charge in [0.2, 0.25) is 5.91 Å². The molecule has 0 aliphatic carbocycles. The molecule has 1 atom stereocenters. The molecule has 1 saturated heterocycles. The van der Waals surface area contributed by atoms with Crippen LogP contribution in [0, 0.1) is 0 Å². The Morgan fingerprint density at radius 2 is 2.08 bits per heavy atom. The number of likely N-dealkylation sites (tertiary alicyclic amines) is 1. The molecule has 1 aliphatic heterocycles. The molecule has 1 amide bonds. The summed E-state index contributed by atoms with van der Waals surface area (Å²) in [6.07, 6.45) is 2.07. The fraction of sp³-hybridized carbons (Fsp3) is 0.333. The van der Waals surface area contributed by atoms with Crippen LogP contribution < -0.4 is 5.32 Å². The molecule has 0 spiro atoms. The van der Waals surface area contributed by atoms with E-state index in [0.29, 0.717) is 5.56 Å². The first kappa shape index (κ1) is 16.5. The van der Waals surface area contributed by atoms with Gasteiger partial charge in [0.25, 0.3) is 0 Å². The fourth-order valence-corrected chi connectivity index (χ4v) is 3.84. The van der Waals surface area contributed by atoms with E-state index in [-0.39, 0.29) is 24.5 Å². The Hall–Kier alpha value is -2.34.